The zero-order valence-electron chi connectivity index (χ0n) is 19.0. The Hall–Kier alpha value is -2.64. The van der Waals surface area contributed by atoms with Gasteiger partial charge in [-0.05, 0) is 67.1 Å². The van der Waals surface area contributed by atoms with Crippen LogP contribution in [0, 0.1) is 0 Å². The van der Waals surface area contributed by atoms with Crippen molar-refractivity contribution in [2.45, 2.75) is 50.1 Å². The van der Waals surface area contributed by atoms with Gasteiger partial charge in [0.15, 0.2) is 11.5 Å². The molecule has 1 aliphatic carbocycles. The van der Waals surface area contributed by atoms with E-state index in [2.05, 4.69) is 16.4 Å². The highest BCUT2D eigenvalue weighted by Gasteiger charge is 2.41. The Bertz CT molecular complexity index is 1200. The Morgan fingerprint density at radius 3 is 2.62 bits per heavy atom. The molecule has 2 N–H and O–H groups in total. The standard InChI is InChI=1S/C26H28ClF2N3O2/c1-34-24-14-17(13-21(27)25(24)33)16-2-7-22-20(12-16)23(8-10-30-22)31-18-3-5-19(6-4-18)32-11-9-26(28,29)15-32/h2,7-8,10,12-14,18-19,33H,3-6,9,11,15H2,1H3,(H,30,31). The Morgan fingerprint density at radius 1 is 1.12 bits per heavy atom. The number of alkyl halides is 2. The normalized spacial score (nSPS) is 22.7. The SMILES string of the molecule is COc1cc(-c2ccc3nccc(NC4CCC(N5CCC(F)(F)C5)CC4)c3c2)cc(Cl)c1O. The molecular formula is C26H28ClF2N3O2. The largest absolute Gasteiger partial charge is 0.503 e. The number of pyridine rings is 1. The van der Waals surface area contributed by atoms with Crippen LogP contribution in [0.25, 0.3) is 22.0 Å². The predicted octanol–water partition coefficient (Wildman–Crippen LogP) is 6.33. The number of phenolic OH excluding ortho intramolecular Hbond substituents is 1. The third-order valence-electron chi connectivity index (χ3n) is 7.10. The monoisotopic (exact) mass is 487 g/mol. The summed E-state index contributed by atoms with van der Waals surface area (Å²) in [4.78, 5) is 6.48. The van der Waals surface area contributed by atoms with Gasteiger partial charge in [0.1, 0.15) is 0 Å². The summed E-state index contributed by atoms with van der Waals surface area (Å²) in [6.07, 6.45) is 5.51. The van der Waals surface area contributed by atoms with Gasteiger partial charge >= 0.3 is 0 Å². The van der Waals surface area contributed by atoms with Crippen LogP contribution in [-0.4, -0.2) is 53.2 Å². The smallest absolute Gasteiger partial charge is 0.261 e. The molecule has 0 atom stereocenters. The van der Waals surface area contributed by atoms with Crippen LogP contribution in [0.2, 0.25) is 5.02 Å². The summed E-state index contributed by atoms with van der Waals surface area (Å²) in [6.45, 7) is 0.402. The van der Waals surface area contributed by atoms with E-state index in [0.717, 1.165) is 53.4 Å². The van der Waals surface area contributed by atoms with Crippen LogP contribution < -0.4 is 10.1 Å². The van der Waals surface area contributed by atoms with E-state index >= 15 is 0 Å². The molecule has 1 aromatic heterocycles. The molecular weight excluding hydrogens is 460 g/mol. The predicted molar refractivity (Wildman–Crippen MR) is 131 cm³/mol. The fourth-order valence-corrected chi connectivity index (χ4v) is 5.44. The molecule has 1 saturated carbocycles. The maximum absolute atomic E-state index is 13.6. The molecule has 0 amide bonds. The van der Waals surface area contributed by atoms with Gasteiger partial charge in [0.05, 0.1) is 24.2 Å². The molecule has 5 nitrogen and oxygen atoms in total. The summed E-state index contributed by atoms with van der Waals surface area (Å²) in [5, 5.41) is 15.0. The van der Waals surface area contributed by atoms with E-state index in [1.54, 1.807) is 18.3 Å². The molecule has 0 bridgehead atoms. The number of anilines is 1. The summed E-state index contributed by atoms with van der Waals surface area (Å²) >= 11 is 6.20. The van der Waals surface area contributed by atoms with Crippen molar-refractivity contribution in [2.24, 2.45) is 0 Å². The summed E-state index contributed by atoms with van der Waals surface area (Å²) < 4.78 is 32.5. The van der Waals surface area contributed by atoms with Gasteiger partial charge < -0.3 is 15.2 Å². The number of nitrogens with one attached hydrogen (secondary N) is 1. The first-order valence-electron chi connectivity index (χ1n) is 11.7. The average Bonchev–Trinajstić information content (AvgIpc) is 3.20. The highest BCUT2D eigenvalue weighted by Crippen LogP contribution is 2.40. The molecule has 0 spiro atoms. The van der Waals surface area contributed by atoms with Gasteiger partial charge in [-0.25, -0.2) is 8.78 Å². The molecule has 0 unspecified atom stereocenters. The number of hydrogen-bond acceptors (Lipinski definition) is 5. The fourth-order valence-electron chi connectivity index (χ4n) is 5.23. The van der Waals surface area contributed by atoms with E-state index in [1.165, 1.54) is 7.11 Å². The zero-order chi connectivity index (χ0) is 23.9. The van der Waals surface area contributed by atoms with Crippen LogP contribution in [0.1, 0.15) is 32.1 Å². The lowest BCUT2D eigenvalue weighted by molar-refractivity contribution is 0.00535. The number of aromatic nitrogens is 1. The third kappa shape index (κ3) is 4.64. The second-order valence-electron chi connectivity index (χ2n) is 9.33. The molecule has 2 fully saturated rings. The minimum absolute atomic E-state index is 0.0192. The van der Waals surface area contributed by atoms with Gasteiger partial charge in [0, 0.05) is 42.3 Å². The lowest BCUT2D eigenvalue weighted by Crippen LogP contribution is -2.40. The molecule has 34 heavy (non-hydrogen) atoms. The van der Waals surface area contributed by atoms with Crippen molar-refractivity contribution in [3.63, 3.8) is 0 Å². The molecule has 1 aliphatic heterocycles. The lowest BCUT2D eigenvalue weighted by Gasteiger charge is -2.35. The van der Waals surface area contributed by atoms with Crippen LogP contribution in [0.4, 0.5) is 14.5 Å². The quantitative estimate of drug-likeness (QED) is 0.440. The Labute approximate surface area is 202 Å². The molecule has 3 aromatic rings. The van der Waals surface area contributed by atoms with Crippen LogP contribution in [0.15, 0.2) is 42.6 Å². The third-order valence-corrected chi connectivity index (χ3v) is 7.38. The first-order chi connectivity index (χ1) is 16.3. The van der Waals surface area contributed by atoms with Crippen molar-refractivity contribution < 1.29 is 18.6 Å². The van der Waals surface area contributed by atoms with Crippen LogP contribution in [0.5, 0.6) is 11.5 Å². The van der Waals surface area contributed by atoms with Crippen molar-refractivity contribution in [2.75, 3.05) is 25.5 Å². The molecule has 5 rings (SSSR count). The fraction of sp³-hybridized carbons (Fsp3) is 0.423. The Kier molecular flexibility index (Phi) is 6.25. The number of benzene rings is 2. The van der Waals surface area contributed by atoms with Crippen LogP contribution in [-0.2, 0) is 0 Å². The molecule has 0 radical (unpaired) electrons. The molecule has 8 heteroatoms. The number of halogens is 3. The van der Waals surface area contributed by atoms with Gasteiger partial charge in [-0.2, -0.15) is 0 Å². The minimum Gasteiger partial charge on any atom is -0.503 e. The summed E-state index contributed by atoms with van der Waals surface area (Å²) in [7, 11) is 1.49. The number of ether oxygens (including phenoxy) is 1. The molecule has 1 saturated heterocycles. The zero-order valence-corrected chi connectivity index (χ0v) is 19.8. The molecule has 2 aliphatic rings. The van der Waals surface area contributed by atoms with Gasteiger partial charge in [-0.3, -0.25) is 9.88 Å². The van der Waals surface area contributed by atoms with Crippen molar-refractivity contribution in [3.05, 3.63) is 47.6 Å². The Balaban J connectivity index is 1.34. The average molecular weight is 488 g/mol. The van der Waals surface area contributed by atoms with Gasteiger partial charge in [-0.15, -0.1) is 0 Å². The highest BCUT2D eigenvalue weighted by molar-refractivity contribution is 6.32. The van der Waals surface area contributed by atoms with Crippen molar-refractivity contribution >= 4 is 28.2 Å². The lowest BCUT2D eigenvalue weighted by atomic mass is 9.90. The van der Waals surface area contributed by atoms with E-state index in [-0.39, 0.29) is 35.8 Å². The van der Waals surface area contributed by atoms with Crippen molar-refractivity contribution in [1.29, 1.82) is 0 Å². The summed E-state index contributed by atoms with van der Waals surface area (Å²) in [5.74, 6) is -2.29. The van der Waals surface area contributed by atoms with E-state index in [4.69, 9.17) is 16.3 Å². The maximum atomic E-state index is 13.6. The van der Waals surface area contributed by atoms with Gasteiger partial charge in [0.25, 0.3) is 5.92 Å². The molecule has 2 heterocycles. The number of aromatic hydroxyl groups is 1. The van der Waals surface area contributed by atoms with Gasteiger partial charge in [-0.1, -0.05) is 17.7 Å². The van der Waals surface area contributed by atoms with E-state index in [1.807, 2.05) is 23.1 Å². The number of fused-ring (bicyclic) bond motifs is 1. The second-order valence-corrected chi connectivity index (χ2v) is 9.73. The summed E-state index contributed by atoms with van der Waals surface area (Å²) in [5.41, 5.74) is 3.64. The van der Waals surface area contributed by atoms with E-state index in [9.17, 15) is 13.9 Å². The topological polar surface area (TPSA) is 57.6 Å². The minimum atomic E-state index is -2.53. The maximum Gasteiger partial charge on any atom is 0.261 e. The number of rotatable bonds is 5. The number of phenols is 1. The van der Waals surface area contributed by atoms with Crippen LogP contribution >= 0.6 is 11.6 Å². The summed E-state index contributed by atoms with van der Waals surface area (Å²) in [6, 6.07) is 12.0. The highest BCUT2D eigenvalue weighted by atomic mass is 35.5. The first-order valence-corrected chi connectivity index (χ1v) is 12.0. The first kappa shape index (κ1) is 23.1. The van der Waals surface area contributed by atoms with E-state index < -0.39 is 5.92 Å². The number of methoxy groups -OCH3 is 1. The molecule has 180 valence electrons. The van der Waals surface area contributed by atoms with Crippen LogP contribution in [0.3, 0.4) is 0 Å². The Morgan fingerprint density at radius 2 is 1.91 bits per heavy atom. The second kappa shape index (κ2) is 9.19. The number of hydrogen-bond donors (Lipinski definition) is 2. The van der Waals surface area contributed by atoms with Gasteiger partial charge in [0.2, 0.25) is 0 Å². The van der Waals surface area contributed by atoms with Crippen molar-refractivity contribution in [1.82, 2.24) is 9.88 Å². The number of likely N-dealkylation sites (tertiary alicyclic amines) is 1. The van der Waals surface area contributed by atoms with E-state index in [0.29, 0.717) is 12.3 Å². The molecule has 2 aromatic carbocycles. The number of nitrogens with zero attached hydrogens (tertiary/aromatic N) is 2. The van der Waals surface area contributed by atoms with Crippen molar-refractivity contribution in [3.8, 4) is 22.6 Å².